The molecule has 3 unspecified atom stereocenters. The van der Waals surface area contributed by atoms with Crippen molar-refractivity contribution < 1.29 is 19.4 Å². The lowest BCUT2D eigenvalue weighted by molar-refractivity contribution is -0.139. The van der Waals surface area contributed by atoms with Gasteiger partial charge in [0.2, 0.25) is 0 Å². The minimum atomic E-state index is -1.06. The average molecular weight is 312 g/mol. The van der Waals surface area contributed by atoms with Crippen molar-refractivity contribution in [3.8, 4) is 0 Å². The number of hydrogen-bond acceptors (Lipinski definition) is 4. The molecule has 1 saturated heterocycles. The molecule has 7 heteroatoms. The van der Waals surface area contributed by atoms with Crippen LogP contribution in [0.15, 0.2) is 17.5 Å². The van der Waals surface area contributed by atoms with Crippen LogP contribution in [0.25, 0.3) is 0 Å². The molecule has 0 bridgehead atoms. The van der Waals surface area contributed by atoms with Crippen LogP contribution in [0.2, 0.25) is 0 Å². The molecular formula is C14H20N2O4S. The highest BCUT2D eigenvalue weighted by Crippen LogP contribution is 2.21. The fourth-order valence-corrected chi connectivity index (χ4v) is 3.11. The lowest BCUT2D eigenvalue weighted by atomic mass is 10.1. The van der Waals surface area contributed by atoms with E-state index in [4.69, 9.17) is 4.74 Å². The molecule has 1 aromatic rings. The number of amides is 2. The monoisotopic (exact) mass is 312 g/mol. The highest BCUT2D eigenvalue weighted by molar-refractivity contribution is 7.10. The van der Waals surface area contributed by atoms with Crippen LogP contribution in [0.5, 0.6) is 0 Å². The van der Waals surface area contributed by atoms with Gasteiger partial charge < -0.3 is 20.1 Å². The zero-order valence-corrected chi connectivity index (χ0v) is 12.9. The third-order valence-corrected chi connectivity index (χ3v) is 4.48. The molecule has 3 atom stereocenters. The summed E-state index contributed by atoms with van der Waals surface area (Å²) in [7, 11) is 0. The Balaban J connectivity index is 2.09. The van der Waals surface area contributed by atoms with Gasteiger partial charge in [-0.05, 0) is 24.8 Å². The molecule has 1 fully saturated rings. The summed E-state index contributed by atoms with van der Waals surface area (Å²) < 4.78 is 5.55. The van der Waals surface area contributed by atoms with Gasteiger partial charge in [0.1, 0.15) is 0 Å². The van der Waals surface area contributed by atoms with Crippen LogP contribution in [0.3, 0.4) is 0 Å². The van der Waals surface area contributed by atoms with Gasteiger partial charge in [-0.2, -0.15) is 0 Å². The Kier molecular flexibility index (Phi) is 5.19. The van der Waals surface area contributed by atoms with E-state index in [1.807, 2.05) is 13.8 Å². The SMILES string of the molecule is CCC1COC(C)CN1C(=O)NC(C(=O)O)c1cccs1. The predicted octanol–water partition coefficient (Wildman–Crippen LogP) is 2.08. The second kappa shape index (κ2) is 6.91. The maximum atomic E-state index is 12.4. The molecule has 21 heavy (non-hydrogen) atoms. The molecule has 2 heterocycles. The van der Waals surface area contributed by atoms with E-state index in [1.54, 1.807) is 22.4 Å². The van der Waals surface area contributed by atoms with Crippen LogP contribution in [0.4, 0.5) is 4.79 Å². The molecule has 0 aliphatic carbocycles. The Labute approximate surface area is 127 Å². The van der Waals surface area contributed by atoms with E-state index >= 15 is 0 Å². The summed E-state index contributed by atoms with van der Waals surface area (Å²) in [6.07, 6.45) is 0.736. The number of nitrogens with zero attached hydrogens (tertiary/aromatic N) is 1. The van der Waals surface area contributed by atoms with Crippen molar-refractivity contribution >= 4 is 23.3 Å². The Morgan fingerprint density at radius 2 is 2.38 bits per heavy atom. The van der Waals surface area contributed by atoms with Crippen LogP contribution >= 0.6 is 11.3 Å². The highest BCUT2D eigenvalue weighted by Gasteiger charge is 2.32. The molecule has 2 N–H and O–H groups in total. The number of carbonyl (C=O) groups excluding carboxylic acids is 1. The lowest BCUT2D eigenvalue weighted by Gasteiger charge is -2.38. The average Bonchev–Trinajstić information content (AvgIpc) is 2.97. The number of thiophene rings is 1. The van der Waals surface area contributed by atoms with Crippen LogP contribution in [0.1, 0.15) is 31.2 Å². The first-order chi connectivity index (χ1) is 10.0. The molecule has 6 nitrogen and oxygen atoms in total. The predicted molar refractivity (Wildman–Crippen MR) is 79.4 cm³/mol. The van der Waals surface area contributed by atoms with E-state index in [1.165, 1.54) is 11.3 Å². The number of carboxylic acid groups (broad SMARTS) is 1. The van der Waals surface area contributed by atoms with E-state index in [-0.39, 0.29) is 18.2 Å². The van der Waals surface area contributed by atoms with E-state index in [0.29, 0.717) is 18.0 Å². The maximum absolute atomic E-state index is 12.4. The minimum absolute atomic E-state index is 0.0148. The van der Waals surface area contributed by atoms with Gasteiger partial charge in [-0.3, -0.25) is 0 Å². The molecule has 1 aliphatic rings. The van der Waals surface area contributed by atoms with Gasteiger partial charge in [0, 0.05) is 11.4 Å². The quantitative estimate of drug-likeness (QED) is 0.892. The maximum Gasteiger partial charge on any atom is 0.331 e. The molecule has 0 spiro atoms. The number of carboxylic acids is 1. The zero-order valence-electron chi connectivity index (χ0n) is 12.1. The van der Waals surface area contributed by atoms with Crippen molar-refractivity contribution in [3.63, 3.8) is 0 Å². The number of morpholine rings is 1. The third kappa shape index (κ3) is 3.74. The second-order valence-electron chi connectivity index (χ2n) is 5.09. The Hall–Kier alpha value is -1.60. The van der Waals surface area contributed by atoms with Crippen molar-refractivity contribution in [2.75, 3.05) is 13.2 Å². The first kappa shape index (κ1) is 15.8. The first-order valence-corrected chi connectivity index (χ1v) is 7.85. The second-order valence-corrected chi connectivity index (χ2v) is 6.07. The summed E-state index contributed by atoms with van der Waals surface area (Å²) in [6, 6.07) is 2.11. The Bertz CT molecular complexity index is 491. The molecule has 1 aromatic heterocycles. The number of ether oxygens (including phenoxy) is 1. The largest absolute Gasteiger partial charge is 0.479 e. The molecule has 0 radical (unpaired) electrons. The molecule has 2 rings (SSSR count). The molecule has 116 valence electrons. The summed E-state index contributed by atoms with van der Waals surface area (Å²) in [5.74, 6) is -1.06. The molecule has 0 aromatic carbocycles. The van der Waals surface area contributed by atoms with Crippen molar-refractivity contribution in [2.24, 2.45) is 0 Å². The van der Waals surface area contributed by atoms with Gasteiger partial charge >= 0.3 is 12.0 Å². The fourth-order valence-electron chi connectivity index (χ4n) is 2.35. The van der Waals surface area contributed by atoms with Crippen molar-refractivity contribution in [2.45, 2.75) is 38.5 Å². The van der Waals surface area contributed by atoms with Crippen LogP contribution in [0, 0.1) is 0 Å². The zero-order chi connectivity index (χ0) is 15.4. The first-order valence-electron chi connectivity index (χ1n) is 6.97. The molecule has 2 amide bonds. The summed E-state index contributed by atoms with van der Waals surface area (Å²) in [5, 5.41) is 13.7. The van der Waals surface area contributed by atoms with Gasteiger partial charge in [0.05, 0.1) is 18.8 Å². The van der Waals surface area contributed by atoms with Gasteiger partial charge in [0.25, 0.3) is 0 Å². The third-order valence-electron chi connectivity index (χ3n) is 3.54. The Morgan fingerprint density at radius 3 is 2.95 bits per heavy atom. The highest BCUT2D eigenvalue weighted by atomic mass is 32.1. The number of carbonyl (C=O) groups is 2. The summed E-state index contributed by atoms with van der Waals surface area (Å²) in [4.78, 5) is 26.1. The van der Waals surface area contributed by atoms with Crippen molar-refractivity contribution in [1.82, 2.24) is 10.2 Å². The minimum Gasteiger partial charge on any atom is -0.479 e. The van der Waals surface area contributed by atoms with E-state index in [9.17, 15) is 14.7 Å². The van der Waals surface area contributed by atoms with Crippen LogP contribution in [-0.2, 0) is 9.53 Å². The topological polar surface area (TPSA) is 78.9 Å². The van der Waals surface area contributed by atoms with Gasteiger partial charge in [-0.1, -0.05) is 13.0 Å². The summed E-state index contributed by atoms with van der Waals surface area (Å²) >= 11 is 1.32. The number of urea groups is 1. The number of rotatable bonds is 4. The summed E-state index contributed by atoms with van der Waals surface area (Å²) in [6.45, 7) is 4.85. The van der Waals surface area contributed by atoms with E-state index in [2.05, 4.69) is 5.32 Å². The van der Waals surface area contributed by atoms with Gasteiger partial charge in [0.15, 0.2) is 6.04 Å². The van der Waals surface area contributed by atoms with Crippen molar-refractivity contribution in [1.29, 1.82) is 0 Å². The van der Waals surface area contributed by atoms with E-state index in [0.717, 1.165) is 6.42 Å². The van der Waals surface area contributed by atoms with E-state index < -0.39 is 12.0 Å². The van der Waals surface area contributed by atoms with Crippen LogP contribution in [-0.4, -0.2) is 47.3 Å². The van der Waals surface area contributed by atoms with Gasteiger partial charge in [-0.15, -0.1) is 11.3 Å². The fraction of sp³-hybridized carbons (Fsp3) is 0.571. The van der Waals surface area contributed by atoms with Crippen LogP contribution < -0.4 is 5.32 Å². The number of aliphatic carboxylic acids is 1. The van der Waals surface area contributed by atoms with Crippen molar-refractivity contribution in [3.05, 3.63) is 22.4 Å². The smallest absolute Gasteiger partial charge is 0.331 e. The number of nitrogens with one attached hydrogen (secondary N) is 1. The lowest BCUT2D eigenvalue weighted by Crippen LogP contribution is -2.55. The normalized spacial score (nSPS) is 23.6. The van der Waals surface area contributed by atoms with Gasteiger partial charge in [-0.25, -0.2) is 9.59 Å². The molecule has 0 saturated carbocycles. The summed E-state index contributed by atoms with van der Waals surface area (Å²) in [5.41, 5.74) is 0. The standard InChI is InChI=1S/C14H20N2O4S/c1-3-10-8-20-9(2)7-16(10)14(19)15-12(13(17)18)11-5-4-6-21-11/h4-6,9-10,12H,3,7-8H2,1-2H3,(H,15,19)(H,17,18). The molecule has 1 aliphatic heterocycles. The molecular weight excluding hydrogens is 292 g/mol. The number of hydrogen-bond donors (Lipinski definition) is 2. The Morgan fingerprint density at radius 1 is 1.62 bits per heavy atom.